The molecule has 0 atom stereocenters. The fourth-order valence-corrected chi connectivity index (χ4v) is 1.56. The number of halogens is 2. The Morgan fingerprint density at radius 2 is 2.06 bits per heavy atom. The molecule has 1 heterocycles. The first-order chi connectivity index (χ1) is 8.13. The lowest BCUT2D eigenvalue weighted by atomic mass is 10.2. The van der Waals surface area contributed by atoms with Crippen LogP contribution >= 0.6 is 11.6 Å². The number of pyridine rings is 1. The summed E-state index contributed by atoms with van der Waals surface area (Å²) in [6.45, 7) is 0.212. The summed E-state index contributed by atoms with van der Waals surface area (Å²) in [5.41, 5.74) is 6.55. The molecule has 0 aliphatic rings. The number of hydrogen-bond acceptors (Lipinski definition) is 3. The van der Waals surface area contributed by atoms with E-state index in [1.807, 2.05) is 0 Å². The largest absolute Gasteiger partial charge is 0.487 e. The van der Waals surface area contributed by atoms with Gasteiger partial charge in [0.2, 0.25) is 0 Å². The quantitative estimate of drug-likeness (QED) is 0.854. The predicted molar refractivity (Wildman–Crippen MR) is 64.4 cm³/mol. The van der Waals surface area contributed by atoms with E-state index in [0.717, 1.165) is 0 Å². The molecule has 0 bridgehead atoms. The summed E-state index contributed by atoms with van der Waals surface area (Å²) < 4.78 is 18.5. The molecule has 88 valence electrons. The Morgan fingerprint density at radius 1 is 1.24 bits per heavy atom. The minimum Gasteiger partial charge on any atom is -0.487 e. The molecule has 1 aromatic carbocycles. The number of ether oxygens (including phenoxy) is 1. The minimum absolute atomic E-state index is 0.212. The molecule has 2 rings (SSSR count). The molecule has 0 saturated heterocycles. The maximum absolute atomic E-state index is 13.0. The number of nitrogens with zero attached hydrogens (tertiary/aromatic N) is 1. The van der Waals surface area contributed by atoms with Crippen LogP contribution in [-0.4, -0.2) is 4.98 Å². The van der Waals surface area contributed by atoms with E-state index in [1.165, 1.54) is 24.5 Å². The first-order valence-corrected chi connectivity index (χ1v) is 5.29. The summed E-state index contributed by atoms with van der Waals surface area (Å²) in [4.78, 5) is 3.88. The van der Waals surface area contributed by atoms with Crippen molar-refractivity contribution < 1.29 is 9.13 Å². The molecule has 0 unspecified atom stereocenters. The van der Waals surface area contributed by atoms with Gasteiger partial charge in [0.05, 0.1) is 11.2 Å². The van der Waals surface area contributed by atoms with Crippen LogP contribution in [0.3, 0.4) is 0 Å². The second-order valence-electron chi connectivity index (χ2n) is 3.52. The number of benzene rings is 1. The molecule has 2 aromatic rings. The van der Waals surface area contributed by atoms with Gasteiger partial charge in [0.1, 0.15) is 18.2 Å². The summed E-state index contributed by atoms with van der Waals surface area (Å²) in [6.07, 6.45) is 3.04. The van der Waals surface area contributed by atoms with Crippen LogP contribution in [0.15, 0.2) is 36.7 Å². The molecule has 5 heteroatoms. The van der Waals surface area contributed by atoms with Crippen molar-refractivity contribution in [2.75, 3.05) is 5.73 Å². The van der Waals surface area contributed by atoms with Gasteiger partial charge in [0.15, 0.2) is 0 Å². The average molecular weight is 253 g/mol. The van der Waals surface area contributed by atoms with Gasteiger partial charge in [-0.2, -0.15) is 0 Å². The maximum atomic E-state index is 13.0. The van der Waals surface area contributed by atoms with Crippen LogP contribution in [0.5, 0.6) is 5.75 Å². The van der Waals surface area contributed by atoms with Gasteiger partial charge in [-0.1, -0.05) is 11.6 Å². The van der Waals surface area contributed by atoms with Crippen molar-refractivity contribution in [3.63, 3.8) is 0 Å². The SMILES string of the molecule is Nc1cc(F)cc(COc2cncc(Cl)c2)c1. The predicted octanol–water partition coefficient (Wildman–Crippen LogP) is 3.04. The number of aromatic nitrogens is 1. The van der Waals surface area contributed by atoms with Gasteiger partial charge >= 0.3 is 0 Å². The molecule has 1 aromatic heterocycles. The zero-order chi connectivity index (χ0) is 12.3. The molecule has 0 amide bonds. The zero-order valence-electron chi connectivity index (χ0n) is 8.86. The molecule has 2 N–H and O–H groups in total. The van der Waals surface area contributed by atoms with E-state index in [9.17, 15) is 4.39 Å². The van der Waals surface area contributed by atoms with E-state index in [4.69, 9.17) is 22.1 Å². The number of nitrogens with two attached hydrogens (primary N) is 1. The Bertz CT molecular complexity index is 513. The lowest BCUT2D eigenvalue weighted by Gasteiger charge is -2.07. The van der Waals surface area contributed by atoms with Crippen molar-refractivity contribution in [3.05, 3.63) is 53.1 Å². The molecular formula is C12H10ClFN2O. The summed E-state index contributed by atoms with van der Waals surface area (Å²) in [5, 5.41) is 0.487. The Labute approximate surface area is 103 Å². The molecule has 0 spiro atoms. The van der Waals surface area contributed by atoms with E-state index in [0.29, 0.717) is 22.0 Å². The van der Waals surface area contributed by atoms with Crippen LogP contribution < -0.4 is 10.5 Å². The van der Waals surface area contributed by atoms with Gasteiger partial charge in [-0.15, -0.1) is 0 Å². The lowest BCUT2D eigenvalue weighted by molar-refractivity contribution is 0.304. The van der Waals surface area contributed by atoms with Gasteiger partial charge in [-0.05, 0) is 23.8 Å². The van der Waals surface area contributed by atoms with Gasteiger partial charge in [0, 0.05) is 18.0 Å². The topological polar surface area (TPSA) is 48.1 Å². The maximum Gasteiger partial charge on any atom is 0.139 e. The molecule has 0 radical (unpaired) electrons. The summed E-state index contributed by atoms with van der Waals surface area (Å²) >= 11 is 5.75. The first-order valence-electron chi connectivity index (χ1n) is 4.92. The summed E-state index contributed by atoms with van der Waals surface area (Å²) in [5.74, 6) is 0.146. The second-order valence-corrected chi connectivity index (χ2v) is 3.96. The van der Waals surface area contributed by atoms with Crippen molar-refractivity contribution in [3.8, 4) is 5.75 Å². The Hall–Kier alpha value is -1.81. The number of rotatable bonds is 3. The number of hydrogen-bond donors (Lipinski definition) is 1. The fraction of sp³-hybridized carbons (Fsp3) is 0.0833. The second kappa shape index (κ2) is 5.01. The first kappa shape index (κ1) is 11.7. The molecule has 3 nitrogen and oxygen atoms in total. The molecule has 0 fully saturated rings. The average Bonchev–Trinajstić information content (AvgIpc) is 2.25. The van der Waals surface area contributed by atoms with Crippen LogP contribution in [0.1, 0.15) is 5.56 Å². The molecule has 0 aliphatic carbocycles. The number of anilines is 1. The van der Waals surface area contributed by atoms with Crippen LogP contribution in [0.25, 0.3) is 0 Å². The van der Waals surface area contributed by atoms with E-state index in [-0.39, 0.29) is 12.4 Å². The third kappa shape index (κ3) is 3.32. The smallest absolute Gasteiger partial charge is 0.139 e. The number of nitrogen functional groups attached to an aromatic ring is 1. The standard InChI is InChI=1S/C12H10ClFN2O/c13-9-3-12(6-16-5-9)17-7-8-1-10(14)4-11(15)2-8/h1-6H,7,15H2. The highest BCUT2D eigenvalue weighted by Gasteiger charge is 2.01. The lowest BCUT2D eigenvalue weighted by Crippen LogP contribution is -1.98. The van der Waals surface area contributed by atoms with Crippen LogP contribution in [0, 0.1) is 5.82 Å². The molecule has 0 aliphatic heterocycles. The Balaban J connectivity index is 2.07. The Morgan fingerprint density at radius 3 is 2.76 bits per heavy atom. The van der Waals surface area contributed by atoms with Crippen molar-refractivity contribution in [1.82, 2.24) is 4.98 Å². The van der Waals surface area contributed by atoms with Gasteiger partial charge < -0.3 is 10.5 Å². The van der Waals surface area contributed by atoms with Crippen LogP contribution in [0.4, 0.5) is 10.1 Å². The van der Waals surface area contributed by atoms with Gasteiger partial charge in [-0.25, -0.2) is 4.39 Å². The fourth-order valence-electron chi connectivity index (χ4n) is 1.40. The molecular weight excluding hydrogens is 243 g/mol. The van der Waals surface area contributed by atoms with Gasteiger partial charge in [-0.3, -0.25) is 4.98 Å². The molecule has 0 saturated carbocycles. The third-order valence-electron chi connectivity index (χ3n) is 2.07. The highest BCUT2D eigenvalue weighted by Crippen LogP contribution is 2.18. The van der Waals surface area contributed by atoms with Crippen molar-refractivity contribution in [1.29, 1.82) is 0 Å². The summed E-state index contributed by atoms with van der Waals surface area (Å²) in [6, 6.07) is 5.91. The van der Waals surface area contributed by atoms with Gasteiger partial charge in [0.25, 0.3) is 0 Å². The zero-order valence-corrected chi connectivity index (χ0v) is 9.62. The van der Waals surface area contributed by atoms with Crippen molar-refractivity contribution >= 4 is 17.3 Å². The van der Waals surface area contributed by atoms with Crippen LogP contribution in [-0.2, 0) is 6.61 Å². The minimum atomic E-state index is -0.382. The third-order valence-corrected chi connectivity index (χ3v) is 2.27. The van der Waals surface area contributed by atoms with E-state index in [1.54, 1.807) is 12.1 Å². The van der Waals surface area contributed by atoms with Crippen molar-refractivity contribution in [2.24, 2.45) is 0 Å². The van der Waals surface area contributed by atoms with Crippen molar-refractivity contribution in [2.45, 2.75) is 6.61 Å². The van der Waals surface area contributed by atoms with E-state index >= 15 is 0 Å². The summed E-state index contributed by atoms with van der Waals surface area (Å²) in [7, 11) is 0. The Kier molecular flexibility index (Phi) is 3.44. The van der Waals surface area contributed by atoms with Crippen LogP contribution in [0.2, 0.25) is 5.02 Å². The van der Waals surface area contributed by atoms with E-state index in [2.05, 4.69) is 4.98 Å². The normalized spacial score (nSPS) is 10.2. The highest BCUT2D eigenvalue weighted by atomic mass is 35.5. The highest BCUT2D eigenvalue weighted by molar-refractivity contribution is 6.30. The molecule has 17 heavy (non-hydrogen) atoms. The van der Waals surface area contributed by atoms with E-state index < -0.39 is 0 Å². The monoisotopic (exact) mass is 252 g/mol.